The lowest BCUT2D eigenvalue weighted by Gasteiger charge is -2.44. The van der Waals surface area contributed by atoms with Gasteiger partial charge in [0.25, 0.3) is 0 Å². The minimum Gasteiger partial charge on any atom is -0.497 e. The summed E-state index contributed by atoms with van der Waals surface area (Å²) < 4.78 is 29.5. The van der Waals surface area contributed by atoms with E-state index in [1.54, 1.807) is 14.2 Å². The molecule has 2 heterocycles. The van der Waals surface area contributed by atoms with Gasteiger partial charge in [-0.15, -0.1) is 0 Å². The number of methoxy groups -OCH3 is 2. The average Bonchev–Trinajstić information content (AvgIpc) is 2.91. The van der Waals surface area contributed by atoms with Crippen molar-refractivity contribution in [2.24, 2.45) is 11.8 Å². The second-order valence-electron chi connectivity index (χ2n) is 10.2. The lowest BCUT2D eigenvalue weighted by atomic mass is 9.73. The van der Waals surface area contributed by atoms with E-state index < -0.39 is 12.2 Å². The molecule has 2 aliphatic heterocycles. The van der Waals surface area contributed by atoms with Crippen molar-refractivity contribution in [3.63, 3.8) is 0 Å². The first-order valence-electron chi connectivity index (χ1n) is 13.2. The fraction of sp³-hybridized carbons (Fsp3) is 0.586. The third-order valence-electron chi connectivity index (χ3n) is 7.93. The molecular formula is C29H38O7. The number of aliphatic hydroxyl groups excluding tert-OH is 2. The van der Waals surface area contributed by atoms with Crippen LogP contribution in [0.1, 0.15) is 68.3 Å². The van der Waals surface area contributed by atoms with Gasteiger partial charge < -0.3 is 33.9 Å². The molecule has 1 aliphatic carbocycles. The smallest absolute Gasteiger partial charge is 0.125 e. The molecule has 0 unspecified atom stereocenters. The van der Waals surface area contributed by atoms with Crippen LogP contribution in [0.3, 0.4) is 0 Å². The van der Waals surface area contributed by atoms with E-state index >= 15 is 0 Å². The molecule has 5 rings (SSSR count). The fourth-order valence-electron chi connectivity index (χ4n) is 6.00. The molecule has 0 radical (unpaired) electrons. The fourth-order valence-corrected chi connectivity index (χ4v) is 6.00. The number of ether oxygens (including phenoxy) is 5. The number of hydrogen-bond acceptors (Lipinski definition) is 7. The monoisotopic (exact) mass is 498 g/mol. The molecule has 196 valence electrons. The summed E-state index contributed by atoms with van der Waals surface area (Å²) in [5.74, 6) is 2.01. The standard InChI is InChI=1S/C29H38O7/c1-32-14-6-9-26-27(23-17-34-24-12-10-19(33-2)15-21(24)28(23)30)29(31)22-16-20(11-13-25(22)36-26)35-18-7-4-3-5-8-18/h10-13,15-16,18,23,26-31H,3-9,14,17H2,1-2H3/t23-,26+,27+,28+,29-/m0/s1. The van der Waals surface area contributed by atoms with Crippen LogP contribution in [0.5, 0.6) is 23.0 Å². The summed E-state index contributed by atoms with van der Waals surface area (Å²) in [6.45, 7) is 0.896. The van der Waals surface area contributed by atoms with E-state index in [0.29, 0.717) is 48.0 Å². The first-order valence-corrected chi connectivity index (χ1v) is 13.2. The van der Waals surface area contributed by atoms with Crippen LogP contribution in [0, 0.1) is 11.8 Å². The van der Waals surface area contributed by atoms with Crippen molar-refractivity contribution in [1.29, 1.82) is 0 Å². The average molecular weight is 499 g/mol. The maximum atomic E-state index is 11.7. The minimum absolute atomic E-state index is 0.219. The number of hydrogen-bond donors (Lipinski definition) is 2. The molecule has 0 amide bonds. The highest BCUT2D eigenvalue weighted by Gasteiger charge is 2.47. The predicted octanol–water partition coefficient (Wildman–Crippen LogP) is 4.99. The van der Waals surface area contributed by atoms with Crippen molar-refractivity contribution in [2.75, 3.05) is 27.4 Å². The Labute approximate surface area is 213 Å². The molecule has 36 heavy (non-hydrogen) atoms. The SMILES string of the molecule is COCCC[C@H]1Oc2ccc(OC3CCCCC3)cc2[C@H](O)[C@@H]1[C@@H]1COc2ccc(OC)cc2[C@H]1O. The molecule has 2 N–H and O–H groups in total. The Balaban J connectivity index is 1.43. The van der Waals surface area contributed by atoms with E-state index in [0.717, 1.165) is 25.0 Å². The van der Waals surface area contributed by atoms with Crippen LogP contribution in [0.2, 0.25) is 0 Å². The Hall–Kier alpha value is -2.48. The molecule has 7 heteroatoms. The van der Waals surface area contributed by atoms with Crippen molar-refractivity contribution in [2.45, 2.75) is 69.4 Å². The van der Waals surface area contributed by atoms with Crippen LogP contribution in [0.4, 0.5) is 0 Å². The third kappa shape index (κ3) is 5.15. The molecule has 0 aromatic heterocycles. The van der Waals surface area contributed by atoms with Gasteiger partial charge in [0.1, 0.15) is 29.1 Å². The van der Waals surface area contributed by atoms with E-state index in [-0.39, 0.29) is 24.0 Å². The molecule has 1 saturated carbocycles. The van der Waals surface area contributed by atoms with E-state index in [2.05, 4.69) is 0 Å². The van der Waals surface area contributed by atoms with Gasteiger partial charge in [0.05, 0.1) is 32.0 Å². The summed E-state index contributed by atoms with van der Waals surface area (Å²) in [4.78, 5) is 0. The van der Waals surface area contributed by atoms with E-state index in [1.165, 1.54) is 19.3 Å². The lowest BCUT2D eigenvalue weighted by Crippen LogP contribution is -2.46. The van der Waals surface area contributed by atoms with E-state index in [9.17, 15) is 10.2 Å². The zero-order valence-corrected chi connectivity index (χ0v) is 21.2. The number of fused-ring (bicyclic) bond motifs is 2. The normalized spacial score (nSPS) is 27.8. The molecule has 3 aliphatic rings. The van der Waals surface area contributed by atoms with Gasteiger partial charge in [0.15, 0.2) is 0 Å². The maximum Gasteiger partial charge on any atom is 0.125 e. The third-order valence-corrected chi connectivity index (χ3v) is 7.93. The van der Waals surface area contributed by atoms with Crippen molar-refractivity contribution in [1.82, 2.24) is 0 Å². The Kier molecular flexibility index (Phi) is 7.89. The van der Waals surface area contributed by atoms with Crippen LogP contribution in [0.25, 0.3) is 0 Å². The highest BCUT2D eigenvalue weighted by Crippen LogP contribution is 2.50. The molecule has 0 saturated heterocycles. The topological polar surface area (TPSA) is 86.6 Å². The molecule has 2 aromatic carbocycles. The number of benzene rings is 2. The van der Waals surface area contributed by atoms with Crippen molar-refractivity contribution in [3.05, 3.63) is 47.5 Å². The van der Waals surface area contributed by atoms with E-state index in [4.69, 9.17) is 23.7 Å². The van der Waals surface area contributed by atoms with Crippen LogP contribution in [0.15, 0.2) is 36.4 Å². The Morgan fingerprint density at radius 2 is 1.61 bits per heavy atom. The Morgan fingerprint density at radius 1 is 0.889 bits per heavy atom. The summed E-state index contributed by atoms with van der Waals surface area (Å²) in [5, 5.41) is 23.2. The first kappa shape index (κ1) is 25.2. The molecule has 1 fully saturated rings. The molecular weight excluding hydrogens is 460 g/mol. The van der Waals surface area contributed by atoms with Gasteiger partial charge in [-0.05, 0) is 74.9 Å². The van der Waals surface area contributed by atoms with Gasteiger partial charge in [-0.25, -0.2) is 0 Å². The second kappa shape index (κ2) is 11.3. The summed E-state index contributed by atoms with van der Waals surface area (Å²) in [7, 11) is 3.28. The zero-order chi connectivity index (χ0) is 25.1. The summed E-state index contributed by atoms with van der Waals surface area (Å²) in [5.41, 5.74) is 1.38. The first-order chi connectivity index (χ1) is 17.6. The van der Waals surface area contributed by atoms with Gasteiger partial charge in [-0.1, -0.05) is 6.42 Å². The van der Waals surface area contributed by atoms with Gasteiger partial charge >= 0.3 is 0 Å². The summed E-state index contributed by atoms with van der Waals surface area (Å²) >= 11 is 0. The highest BCUT2D eigenvalue weighted by molar-refractivity contribution is 5.46. The van der Waals surface area contributed by atoms with Crippen molar-refractivity contribution >= 4 is 0 Å². The van der Waals surface area contributed by atoms with Crippen molar-refractivity contribution in [3.8, 4) is 23.0 Å². The molecule has 0 bridgehead atoms. The highest BCUT2D eigenvalue weighted by atomic mass is 16.5. The van der Waals surface area contributed by atoms with Crippen LogP contribution in [-0.4, -0.2) is 49.9 Å². The molecule has 0 spiro atoms. The summed E-state index contributed by atoms with van der Waals surface area (Å²) in [6, 6.07) is 11.2. The quantitative estimate of drug-likeness (QED) is 0.496. The maximum absolute atomic E-state index is 11.7. The number of aliphatic hydroxyl groups is 2. The Bertz CT molecular complexity index is 1020. The van der Waals surface area contributed by atoms with Crippen LogP contribution < -0.4 is 18.9 Å². The van der Waals surface area contributed by atoms with Gasteiger partial charge in [0.2, 0.25) is 0 Å². The van der Waals surface area contributed by atoms with E-state index in [1.807, 2.05) is 36.4 Å². The molecule has 7 nitrogen and oxygen atoms in total. The van der Waals surface area contributed by atoms with Gasteiger partial charge in [-0.2, -0.15) is 0 Å². The summed E-state index contributed by atoms with van der Waals surface area (Å²) in [6.07, 6.45) is 5.55. The number of rotatable bonds is 8. The van der Waals surface area contributed by atoms with Crippen LogP contribution in [-0.2, 0) is 4.74 Å². The molecule has 5 atom stereocenters. The lowest BCUT2D eigenvalue weighted by molar-refractivity contribution is -0.0888. The minimum atomic E-state index is -0.827. The molecule has 2 aromatic rings. The predicted molar refractivity (Wildman–Crippen MR) is 135 cm³/mol. The Morgan fingerprint density at radius 3 is 2.39 bits per heavy atom. The van der Waals surface area contributed by atoms with Crippen molar-refractivity contribution < 1.29 is 33.9 Å². The van der Waals surface area contributed by atoms with Gasteiger partial charge in [0, 0.05) is 36.7 Å². The van der Waals surface area contributed by atoms with Gasteiger partial charge in [-0.3, -0.25) is 0 Å². The second-order valence-corrected chi connectivity index (χ2v) is 10.2. The van der Waals surface area contributed by atoms with Crippen LogP contribution >= 0.6 is 0 Å². The zero-order valence-electron chi connectivity index (χ0n) is 21.2. The largest absolute Gasteiger partial charge is 0.497 e.